The molecule has 0 amide bonds. The summed E-state index contributed by atoms with van der Waals surface area (Å²) in [4.78, 5) is 7.47. The highest BCUT2D eigenvalue weighted by atomic mass is 32.2. The molecule has 23 heavy (non-hydrogen) atoms. The summed E-state index contributed by atoms with van der Waals surface area (Å²) in [5.74, 6) is 0.563. The van der Waals surface area contributed by atoms with Crippen LogP contribution in [-0.4, -0.2) is 32.5 Å². The first-order valence-electron chi connectivity index (χ1n) is 6.99. The van der Waals surface area contributed by atoms with Crippen molar-refractivity contribution in [2.24, 2.45) is 4.99 Å². The molecule has 0 unspecified atom stereocenters. The molecule has 8 heteroatoms. The van der Waals surface area contributed by atoms with Crippen molar-refractivity contribution in [3.8, 4) is 0 Å². The van der Waals surface area contributed by atoms with Gasteiger partial charge in [-0.2, -0.15) is 0 Å². The van der Waals surface area contributed by atoms with Crippen molar-refractivity contribution in [1.29, 1.82) is 0 Å². The van der Waals surface area contributed by atoms with Gasteiger partial charge in [0.15, 0.2) is 0 Å². The third-order valence-corrected chi connectivity index (χ3v) is 6.24. The molecule has 4 rings (SSSR count). The van der Waals surface area contributed by atoms with E-state index >= 15 is 0 Å². The standard InChI is InChI=1S/C15H13N3O3S2/c19-23(20,13-5-2-8-22-13)18-11-4-1-3-10-9-12(17-14(10)11)15-16-6-7-21-15/h1-5,8-9,17-18H,6-7H2. The average Bonchev–Trinajstić information content (AvgIpc) is 3.27. The van der Waals surface area contributed by atoms with Crippen LogP contribution in [0.4, 0.5) is 5.69 Å². The number of ether oxygens (including phenoxy) is 1. The number of thiophene rings is 1. The summed E-state index contributed by atoms with van der Waals surface area (Å²) in [6, 6.07) is 10.6. The number of sulfonamides is 1. The maximum absolute atomic E-state index is 12.4. The predicted octanol–water partition coefficient (Wildman–Crippen LogP) is 2.81. The molecule has 0 aliphatic carbocycles. The topological polar surface area (TPSA) is 83.6 Å². The van der Waals surface area contributed by atoms with Gasteiger partial charge in [0.1, 0.15) is 16.5 Å². The van der Waals surface area contributed by atoms with Gasteiger partial charge in [-0.1, -0.05) is 18.2 Å². The minimum atomic E-state index is -3.58. The molecule has 0 spiro atoms. The Morgan fingerprint density at radius 1 is 1.26 bits per heavy atom. The van der Waals surface area contributed by atoms with Gasteiger partial charge < -0.3 is 9.72 Å². The minimum absolute atomic E-state index is 0.282. The zero-order chi connectivity index (χ0) is 15.9. The Balaban J connectivity index is 1.75. The number of para-hydroxylation sites is 1. The van der Waals surface area contributed by atoms with Gasteiger partial charge in [0.25, 0.3) is 10.0 Å². The van der Waals surface area contributed by atoms with Crippen LogP contribution in [0.1, 0.15) is 5.69 Å². The van der Waals surface area contributed by atoms with Crippen LogP contribution in [0.15, 0.2) is 51.0 Å². The Morgan fingerprint density at radius 3 is 2.91 bits per heavy atom. The Bertz CT molecular complexity index is 988. The highest BCUT2D eigenvalue weighted by Crippen LogP contribution is 2.27. The molecular weight excluding hydrogens is 334 g/mol. The predicted molar refractivity (Wildman–Crippen MR) is 90.8 cm³/mol. The zero-order valence-electron chi connectivity index (χ0n) is 11.9. The van der Waals surface area contributed by atoms with Crippen molar-refractivity contribution in [2.45, 2.75) is 4.21 Å². The lowest BCUT2D eigenvalue weighted by Gasteiger charge is -2.07. The number of hydrogen-bond donors (Lipinski definition) is 2. The smallest absolute Gasteiger partial charge is 0.271 e. The molecular formula is C15H13N3O3S2. The van der Waals surface area contributed by atoms with E-state index in [1.807, 2.05) is 18.2 Å². The van der Waals surface area contributed by atoms with E-state index in [0.29, 0.717) is 30.3 Å². The van der Waals surface area contributed by atoms with Crippen molar-refractivity contribution >= 4 is 43.8 Å². The van der Waals surface area contributed by atoms with Crippen LogP contribution < -0.4 is 4.72 Å². The second-order valence-corrected chi connectivity index (χ2v) is 7.88. The van der Waals surface area contributed by atoms with E-state index < -0.39 is 10.0 Å². The molecule has 6 nitrogen and oxygen atoms in total. The van der Waals surface area contributed by atoms with E-state index in [9.17, 15) is 8.42 Å². The Morgan fingerprint density at radius 2 is 2.17 bits per heavy atom. The lowest BCUT2D eigenvalue weighted by Crippen LogP contribution is -2.11. The summed E-state index contributed by atoms with van der Waals surface area (Å²) in [7, 11) is -3.58. The fourth-order valence-corrected chi connectivity index (χ4v) is 4.53. The van der Waals surface area contributed by atoms with Gasteiger partial charge in [0, 0.05) is 5.39 Å². The summed E-state index contributed by atoms with van der Waals surface area (Å²) in [5, 5.41) is 2.63. The summed E-state index contributed by atoms with van der Waals surface area (Å²) in [6.45, 7) is 1.21. The largest absolute Gasteiger partial charge is 0.474 e. The van der Waals surface area contributed by atoms with Gasteiger partial charge in [0.05, 0.1) is 17.7 Å². The number of aromatic nitrogens is 1. The van der Waals surface area contributed by atoms with Crippen LogP contribution in [0.5, 0.6) is 0 Å². The number of nitrogens with zero attached hydrogens (tertiary/aromatic N) is 1. The first kappa shape index (κ1) is 14.3. The normalized spacial score (nSPS) is 14.7. The SMILES string of the molecule is O=S(=O)(Nc1cccc2cc(C3=NCCO3)[nH]c12)c1cccs1. The highest BCUT2D eigenvalue weighted by Gasteiger charge is 2.19. The quantitative estimate of drug-likeness (QED) is 0.761. The third kappa shape index (κ3) is 2.60. The second kappa shape index (κ2) is 5.39. The van der Waals surface area contributed by atoms with Crippen LogP contribution in [0.2, 0.25) is 0 Å². The minimum Gasteiger partial charge on any atom is -0.474 e. The number of aromatic amines is 1. The molecule has 2 N–H and O–H groups in total. The molecule has 0 fully saturated rings. The Hall–Kier alpha value is -2.32. The molecule has 0 bridgehead atoms. The molecule has 3 heterocycles. The molecule has 1 aliphatic rings. The second-order valence-electron chi connectivity index (χ2n) is 5.03. The molecule has 118 valence electrons. The first-order chi connectivity index (χ1) is 11.1. The lowest BCUT2D eigenvalue weighted by atomic mass is 10.2. The van der Waals surface area contributed by atoms with Crippen LogP contribution in [0.3, 0.4) is 0 Å². The molecule has 1 aromatic carbocycles. The van der Waals surface area contributed by atoms with Gasteiger partial charge in [-0.3, -0.25) is 4.72 Å². The number of benzene rings is 1. The van der Waals surface area contributed by atoms with Crippen molar-refractivity contribution in [3.63, 3.8) is 0 Å². The zero-order valence-corrected chi connectivity index (χ0v) is 13.6. The first-order valence-corrected chi connectivity index (χ1v) is 9.35. The van der Waals surface area contributed by atoms with E-state index in [1.165, 1.54) is 11.3 Å². The summed E-state index contributed by atoms with van der Waals surface area (Å²) < 4.78 is 33.2. The van der Waals surface area contributed by atoms with Crippen LogP contribution in [0.25, 0.3) is 10.9 Å². The molecule has 2 aromatic heterocycles. The van der Waals surface area contributed by atoms with Crippen molar-refractivity contribution in [1.82, 2.24) is 4.98 Å². The number of rotatable bonds is 4. The summed E-state index contributed by atoms with van der Waals surface area (Å²) in [5.41, 5.74) is 1.96. The maximum Gasteiger partial charge on any atom is 0.271 e. The fraction of sp³-hybridized carbons (Fsp3) is 0.133. The third-order valence-electron chi connectivity index (χ3n) is 3.48. The van der Waals surface area contributed by atoms with E-state index in [2.05, 4.69) is 14.7 Å². The van der Waals surface area contributed by atoms with Crippen molar-refractivity contribution in [3.05, 3.63) is 47.5 Å². The number of H-pyrrole nitrogens is 1. The van der Waals surface area contributed by atoms with Crippen LogP contribution >= 0.6 is 11.3 Å². The van der Waals surface area contributed by atoms with Crippen LogP contribution in [-0.2, 0) is 14.8 Å². The van der Waals surface area contributed by atoms with E-state index in [1.54, 1.807) is 23.6 Å². The van der Waals surface area contributed by atoms with E-state index in [4.69, 9.17) is 4.74 Å². The highest BCUT2D eigenvalue weighted by molar-refractivity contribution is 7.94. The summed E-state index contributed by atoms with van der Waals surface area (Å²) >= 11 is 1.18. The number of anilines is 1. The molecule has 0 saturated carbocycles. The summed E-state index contributed by atoms with van der Waals surface area (Å²) in [6.07, 6.45) is 0. The van der Waals surface area contributed by atoms with Gasteiger partial charge in [0.2, 0.25) is 5.90 Å². The number of fused-ring (bicyclic) bond motifs is 1. The van der Waals surface area contributed by atoms with E-state index in [0.717, 1.165) is 11.1 Å². The monoisotopic (exact) mass is 347 g/mol. The number of aliphatic imine (C=N–C) groups is 1. The molecule has 3 aromatic rings. The fourth-order valence-electron chi connectivity index (χ4n) is 2.47. The van der Waals surface area contributed by atoms with Crippen LogP contribution in [0, 0.1) is 0 Å². The van der Waals surface area contributed by atoms with Gasteiger partial charge in [-0.05, 0) is 23.6 Å². The maximum atomic E-state index is 12.4. The molecule has 1 aliphatic heterocycles. The number of nitrogens with one attached hydrogen (secondary N) is 2. The van der Waals surface area contributed by atoms with Crippen molar-refractivity contribution < 1.29 is 13.2 Å². The van der Waals surface area contributed by atoms with Gasteiger partial charge in [-0.15, -0.1) is 11.3 Å². The Labute approximate surface area is 136 Å². The van der Waals surface area contributed by atoms with E-state index in [-0.39, 0.29) is 4.21 Å². The van der Waals surface area contributed by atoms with Gasteiger partial charge >= 0.3 is 0 Å². The Kier molecular flexibility index (Phi) is 3.35. The molecule has 0 radical (unpaired) electrons. The molecule has 0 atom stereocenters. The van der Waals surface area contributed by atoms with Gasteiger partial charge in [-0.25, -0.2) is 13.4 Å². The van der Waals surface area contributed by atoms with Crippen molar-refractivity contribution in [2.75, 3.05) is 17.9 Å². The lowest BCUT2D eigenvalue weighted by molar-refractivity contribution is 0.347. The number of hydrogen-bond acceptors (Lipinski definition) is 5. The molecule has 0 saturated heterocycles. The average molecular weight is 347 g/mol.